The lowest BCUT2D eigenvalue weighted by atomic mass is 9.98. The van der Waals surface area contributed by atoms with Crippen LogP contribution in [-0.4, -0.2) is 24.7 Å². The summed E-state index contributed by atoms with van der Waals surface area (Å²) < 4.78 is 5.45. The number of benzene rings is 1. The van der Waals surface area contributed by atoms with E-state index in [9.17, 15) is 4.79 Å². The van der Waals surface area contributed by atoms with Crippen molar-refractivity contribution in [2.45, 2.75) is 38.8 Å². The lowest BCUT2D eigenvalue weighted by Crippen LogP contribution is -2.44. The van der Waals surface area contributed by atoms with Crippen LogP contribution in [0.1, 0.15) is 38.8 Å². The van der Waals surface area contributed by atoms with Crippen LogP contribution < -0.4 is 10.6 Å². The van der Waals surface area contributed by atoms with Gasteiger partial charge in [-0.1, -0.05) is 12.1 Å². The van der Waals surface area contributed by atoms with E-state index in [4.69, 9.17) is 4.74 Å². The van der Waals surface area contributed by atoms with Gasteiger partial charge in [0.25, 0.3) is 0 Å². The number of hydrogen-bond acceptors (Lipinski definition) is 3. The van der Waals surface area contributed by atoms with E-state index in [2.05, 4.69) is 30.5 Å². The van der Waals surface area contributed by atoms with E-state index in [1.54, 1.807) is 0 Å². The van der Waals surface area contributed by atoms with Crippen molar-refractivity contribution < 1.29 is 9.53 Å². The van der Waals surface area contributed by atoms with E-state index >= 15 is 0 Å². The maximum atomic E-state index is 11.1. The molecular formula is C15H22N2O2. The number of hydrogen-bond donors (Lipinski definition) is 2. The predicted molar refractivity (Wildman–Crippen MR) is 76.1 cm³/mol. The molecule has 1 aromatic carbocycles. The first-order chi connectivity index (χ1) is 8.98. The molecule has 0 radical (unpaired) electrons. The molecule has 2 unspecified atom stereocenters. The Morgan fingerprint density at radius 1 is 1.47 bits per heavy atom. The summed E-state index contributed by atoms with van der Waals surface area (Å²) >= 11 is 0. The number of carbonyl (C=O) groups is 1. The van der Waals surface area contributed by atoms with Gasteiger partial charge in [-0.05, 0) is 38.0 Å². The average Bonchev–Trinajstić information content (AvgIpc) is 2.75. The van der Waals surface area contributed by atoms with Gasteiger partial charge in [0.1, 0.15) is 0 Å². The highest BCUT2D eigenvalue weighted by Crippen LogP contribution is 2.24. The standard InChI is InChI=1S/C15H22N2O2/c1-11(17-15(3)7-8-19-10-15)13-5-4-6-14(9-13)16-12(2)18/h4-6,9,11,17H,7-8,10H2,1-3H3,(H,16,18). The molecule has 4 nitrogen and oxygen atoms in total. The van der Waals surface area contributed by atoms with Crippen LogP contribution in [0.5, 0.6) is 0 Å². The van der Waals surface area contributed by atoms with Gasteiger partial charge in [0, 0.05) is 30.8 Å². The average molecular weight is 262 g/mol. The summed E-state index contributed by atoms with van der Waals surface area (Å²) in [4.78, 5) is 11.1. The molecule has 0 bridgehead atoms. The number of carbonyl (C=O) groups excluding carboxylic acids is 1. The minimum atomic E-state index is -0.0473. The van der Waals surface area contributed by atoms with Crippen LogP contribution in [0.15, 0.2) is 24.3 Å². The molecule has 2 rings (SSSR count). The highest BCUT2D eigenvalue weighted by molar-refractivity contribution is 5.88. The third-order valence-corrected chi connectivity index (χ3v) is 3.49. The summed E-state index contributed by atoms with van der Waals surface area (Å²) in [7, 11) is 0. The quantitative estimate of drug-likeness (QED) is 0.876. The highest BCUT2D eigenvalue weighted by atomic mass is 16.5. The third-order valence-electron chi connectivity index (χ3n) is 3.49. The summed E-state index contributed by atoms with van der Waals surface area (Å²) in [5.41, 5.74) is 2.05. The number of ether oxygens (including phenoxy) is 1. The fourth-order valence-corrected chi connectivity index (χ4v) is 2.48. The van der Waals surface area contributed by atoms with Crippen LogP contribution in [0.25, 0.3) is 0 Å². The fourth-order valence-electron chi connectivity index (χ4n) is 2.48. The number of anilines is 1. The summed E-state index contributed by atoms with van der Waals surface area (Å²) in [6.45, 7) is 7.42. The zero-order chi connectivity index (χ0) is 13.9. The molecule has 0 aliphatic carbocycles. The summed E-state index contributed by atoms with van der Waals surface area (Å²) in [6, 6.07) is 8.17. The zero-order valence-electron chi connectivity index (χ0n) is 11.8. The van der Waals surface area contributed by atoms with Gasteiger partial charge in [0.15, 0.2) is 0 Å². The fraction of sp³-hybridized carbons (Fsp3) is 0.533. The molecule has 104 valence electrons. The second-order valence-electron chi connectivity index (χ2n) is 5.54. The lowest BCUT2D eigenvalue weighted by molar-refractivity contribution is -0.114. The molecule has 1 fully saturated rings. The molecule has 4 heteroatoms. The monoisotopic (exact) mass is 262 g/mol. The Hall–Kier alpha value is -1.39. The molecule has 1 aliphatic rings. The Morgan fingerprint density at radius 2 is 2.26 bits per heavy atom. The first kappa shape index (κ1) is 14.0. The van der Waals surface area contributed by atoms with Gasteiger partial charge in [0.2, 0.25) is 5.91 Å². The van der Waals surface area contributed by atoms with Gasteiger partial charge in [-0.25, -0.2) is 0 Å². The highest BCUT2D eigenvalue weighted by Gasteiger charge is 2.30. The number of rotatable bonds is 4. The Morgan fingerprint density at radius 3 is 2.89 bits per heavy atom. The second-order valence-corrected chi connectivity index (χ2v) is 5.54. The van der Waals surface area contributed by atoms with Crippen LogP contribution in [0.2, 0.25) is 0 Å². The van der Waals surface area contributed by atoms with E-state index in [-0.39, 0.29) is 17.5 Å². The number of nitrogens with one attached hydrogen (secondary N) is 2. The Balaban J connectivity index is 2.06. The first-order valence-corrected chi connectivity index (χ1v) is 6.71. The summed E-state index contributed by atoms with van der Waals surface area (Å²) in [5, 5.41) is 6.43. The van der Waals surface area contributed by atoms with Crippen LogP contribution >= 0.6 is 0 Å². The Labute approximate surface area is 114 Å². The molecule has 2 atom stereocenters. The molecule has 1 saturated heterocycles. The summed E-state index contributed by atoms with van der Waals surface area (Å²) in [6.07, 6.45) is 1.03. The van der Waals surface area contributed by atoms with Crippen molar-refractivity contribution in [2.24, 2.45) is 0 Å². The minimum absolute atomic E-state index is 0.0451. The van der Waals surface area contributed by atoms with Crippen LogP contribution in [-0.2, 0) is 9.53 Å². The lowest BCUT2D eigenvalue weighted by Gasteiger charge is -2.28. The van der Waals surface area contributed by atoms with Gasteiger partial charge in [0.05, 0.1) is 6.61 Å². The van der Waals surface area contributed by atoms with Crippen molar-refractivity contribution in [1.29, 1.82) is 0 Å². The van der Waals surface area contributed by atoms with Crippen molar-refractivity contribution >= 4 is 11.6 Å². The van der Waals surface area contributed by atoms with Crippen molar-refractivity contribution in [3.63, 3.8) is 0 Å². The van der Waals surface area contributed by atoms with Gasteiger partial charge >= 0.3 is 0 Å². The molecule has 1 aliphatic heterocycles. The molecule has 2 N–H and O–H groups in total. The molecule has 19 heavy (non-hydrogen) atoms. The second kappa shape index (κ2) is 5.72. The van der Waals surface area contributed by atoms with Gasteiger partial charge in [-0.3, -0.25) is 4.79 Å². The van der Waals surface area contributed by atoms with E-state index in [1.165, 1.54) is 12.5 Å². The zero-order valence-corrected chi connectivity index (χ0v) is 11.8. The minimum Gasteiger partial charge on any atom is -0.379 e. The maximum Gasteiger partial charge on any atom is 0.221 e. The molecular weight excluding hydrogens is 240 g/mol. The molecule has 1 heterocycles. The summed E-state index contributed by atoms with van der Waals surface area (Å²) in [5.74, 6) is -0.0473. The van der Waals surface area contributed by atoms with Gasteiger partial charge in [-0.15, -0.1) is 0 Å². The predicted octanol–water partition coefficient (Wildman–Crippen LogP) is 2.47. The smallest absolute Gasteiger partial charge is 0.221 e. The SMILES string of the molecule is CC(=O)Nc1cccc(C(C)NC2(C)CCOC2)c1. The Bertz CT molecular complexity index is 453. The van der Waals surface area contributed by atoms with Gasteiger partial charge < -0.3 is 15.4 Å². The van der Waals surface area contributed by atoms with Crippen LogP contribution in [0.3, 0.4) is 0 Å². The molecule has 1 aromatic rings. The van der Waals surface area contributed by atoms with Crippen molar-refractivity contribution in [3.05, 3.63) is 29.8 Å². The first-order valence-electron chi connectivity index (χ1n) is 6.71. The molecule has 0 aromatic heterocycles. The van der Waals surface area contributed by atoms with Crippen molar-refractivity contribution in [3.8, 4) is 0 Å². The van der Waals surface area contributed by atoms with Gasteiger partial charge in [-0.2, -0.15) is 0 Å². The van der Waals surface area contributed by atoms with Crippen molar-refractivity contribution in [1.82, 2.24) is 5.32 Å². The van der Waals surface area contributed by atoms with E-state index in [1.807, 2.05) is 18.2 Å². The molecule has 0 saturated carbocycles. The third kappa shape index (κ3) is 3.78. The largest absolute Gasteiger partial charge is 0.379 e. The maximum absolute atomic E-state index is 11.1. The van der Waals surface area contributed by atoms with E-state index in [0.29, 0.717) is 0 Å². The Kier molecular flexibility index (Phi) is 4.22. The van der Waals surface area contributed by atoms with Crippen LogP contribution in [0, 0.1) is 0 Å². The number of amides is 1. The van der Waals surface area contributed by atoms with E-state index in [0.717, 1.165) is 25.3 Å². The van der Waals surface area contributed by atoms with E-state index < -0.39 is 0 Å². The normalized spacial score (nSPS) is 24.2. The topological polar surface area (TPSA) is 50.4 Å². The molecule has 0 spiro atoms. The van der Waals surface area contributed by atoms with Crippen molar-refractivity contribution in [2.75, 3.05) is 18.5 Å². The van der Waals surface area contributed by atoms with Crippen LogP contribution in [0.4, 0.5) is 5.69 Å². The molecule has 1 amide bonds.